The average Bonchev–Trinajstić information content (AvgIpc) is 2.59. The maximum Gasteiger partial charge on any atom is 0.275 e. The van der Waals surface area contributed by atoms with Crippen molar-refractivity contribution >= 4 is 5.91 Å². The number of hydrogen-bond acceptors (Lipinski definition) is 2. The predicted octanol–water partition coefficient (Wildman–Crippen LogP) is 1.46. The van der Waals surface area contributed by atoms with E-state index < -0.39 is 0 Å². The third-order valence-corrected chi connectivity index (χ3v) is 3.91. The number of ether oxygens (including phenoxy) is 1. The summed E-state index contributed by atoms with van der Waals surface area (Å²) in [5.41, 5.74) is 2.48. The quantitative estimate of drug-likeness (QED) is 0.685. The molecule has 2 aromatic carbocycles. The summed E-state index contributed by atoms with van der Waals surface area (Å²) in [4.78, 5) is 13.2. The van der Waals surface area contributed by atoms with Gasteiger partial charge in [-0.25, -0.2) is 0 Å². The van der Waals surface area contributed by atoms with Crippen LogP contribution < -0.4 is 15.0 Å². The Labute approximate surface area is 144 Å². The van der Waals surface area contributed by atoms with E-state index in [1.165, 1.54) is 11.1 Å². The van der Waals surface area contributed by atoms with Crippen LogP contribution in [-0.4, -0.2) is 33.2 Å². The molecule has 0 aliphatic carbocycles. The molecule has 2 N–H and O–H groups in total. The highest BCUT2D eigenvalue weighted by Crippen LogP contribution is 2.11. The van der Waals surface area contributed by atoms with E-state index >= 15 is 0 Å². The average molecular weight is 327 g/mol. The van der Waals surface area contributed by atoms with E-state index in [2.05, 4.69) is 23.5 Å². The lowest BCUT2D eigenvalue weighted by molar-refractivity contribution is -0.885. The lowest BCUT2D eigenvalue weighted by Gasteiger charge is -2.14. The van der Waals surface area contributed by atoms with E-state index in [0.717, 1.165) is 36.6 Å². The topological polar surface area (TPSA) is 42.8 Å². The van der Waals surface area contributed by atoms with Crippen molar-refractivity contribution < 1.29 is 14.4 Å². The van der Waals surface area contributed by atoms with Gasteiger partial charge in [0.15, 0.2) is 6.54 Å². The highest BCUT2D eigenvalue weighted by atomic mass is 16.5. The van der Waals surface area contributed by atoms with E-state index in [1.54, 1.807) is 7.11 Å². The third-order valence-electron chi connectivity index (χ3n) is 3.91. The van der Waals surface area contributed by atoms with Crippen LogP contribution in [0.1, 0.15) is 17.5 Å². The molecular formula is C20H27N2O2+. The Hall–Kier alpha value is -2.33. The van der Waals surface area contributed by atoms with E-state index in [4.69, 9.17) is 4.74 Å². The summed E-state index contributed by atoms with van der Waals surface area (Å²) in [6.45, 7) is 2.00. The lowest BCUT2D eigenvalue weighted by atomic mass is 10.1. The number of nitrogens with one attached hydrogen (secondary N) is 2. The standard InChI is InChI=1S/C20H26N2O2/c1-22(15-18-10-6-12-19(14-18)24-2)16-20(23)21-13-7-11-17-8-4-3-5-9-17/h3-6,8-10,12,14H,7,11,13,15-16H2,1-2H3,(H,21,23)/p+1. The number of likely N-dealkylation sites (N-methyl/N-ethyl adjacent to an activating group) is 1. The van der Waals surface area contributed by atoms with Gasteiger partial charge in [0.05, 0.1) is 14.2 Å². The highest BCUT2D eigenvalue weighted by molar-refractivity contribution is 5.76. The van der Waals surface area contributed by atoms with Gasteiger partial charge in [-0.1, -0.05) is 42.5 Å². The number of carbonyl (C=O) groups excluding carboxylic acids is 1. The van der Waals surface area contributed by atoms with E-state index in [0.29, 0.717) is 6.54 Å². The van der Waals surface area contributed by atoms with Crippen molar-refractivity contribution in [1.82, 2.24) is 5.32 Å². The molecule has 2 rings (SSSR count). The van der Waals surface area contributed by atoms with Crippen molar-refractivity contribution in [3.8, 4) is 5.75 Å². The number of hydrogen-bond donors (Lipinski definition) is 2. The zero-order valence-corrected chi connectivity index (χ0v) is 14.5. The molecule has 0 heterocycles. The number of quaternary nitrogens is 1. The molecule has 0 bridgehead atoms. The van der Waals surface area contributed by atoms with Crippen LogP contribution >= 0.6 is 0 Å². The van der Waals surface area contributed by atoms with Gasteiger partial charge in [-0.2, -0.15) is 0 Å². The van der Waals surface area contributed by atoms with Gasteiger partial charge in [0.25, 0.3) is 5.91 Å². The first-order chi connectivity index (χ1) is 11.7. The van der Waals surface area contributed by atoms with Crippen LogP contribution in [0.5, 0.6) is 5.75 Å². The summed E-state index contributed by atoms with van der Waals surface area (Å²) in [6.07, 6.45) is 1.96. The monoisotopic (exact) mass is 327 g/mol. The highest BCUT2D eigenvalue weighted by Gasteiger charge is 2.10. The van der Waals surface area contributed by atoms with E-state index in [1.807, 2.05) is 43.4 Å². The number of amides is 1. The van der Waals surface area contributed by atoms with Gasteiger partial charge in [0.1, 0.15) is 12.3 Å². The molecule has 0 spiro atoms. The second-order valence-corrected chi connectivity index (χ2v) is 6.10. The first kappa shape index (κ1) is 18.0. The number of rotatable bonds is 9. The molecular weight excluding hydrogens is 300 g/mol. The van der Waals surface area contributed by atoms with E-state index in [-0.39, 0.29) is 5.91 Å². The van der Waals surface area contributed by atoms with Crippen LogP contribution in [0.4, 0.5) is 0 Å². The molecule has 24 heavy (non-hydrogen) atoms. The largest absolute Gasteiger partial charge is 0.497 e. The molecule has 2 aromatic rings. The van der Waals surface area contributed by atoms with Crippen LogP contribution in [0.15, 0.2) is 54.6 Å². The second kappa shape index (κ2) is 9.73. The zero-order chi connectivity index (χ0) is 17.2. The summed E-state index contributed by atoms with van der Waals surface area (Å²) in [5, 5.41) is 3.01. The van der Waals surface area contributed by atoms with Crippen molar-refractivity contribution in [3.05, 3.63) is 65.7 Å². The van der Waals surface area contributed by atoms with Crippen LogP contribution in [0, 0.1) is 0 Å². The summed E-state index contributed by atoms with van der Waals surface area (Å²) in [7, 11) is 3.70. The molecule has 0 saturated heterocycles. The van der Waals surface area contributed by atoms with Gasteiger partial charge in [-0.05, 0) is 30.5 Å². The molecule has 0 fully saturated rings. The van der Waals surface area contributed by atoms with Crippen LogP contribution in [0.3, 0.4) is 0 Å². The molecule has 0 aliphatic rings. The van der Waals surface area contributed by atoms with Crippen molar-refractivity contribution in [2.45, 2.75) is 19.4 Å². The third kappa shape index (κ3) is 6.42. The molecule has 0 radical (unpaired) electrons. The zero-order valence-electron chi connectivity index (χ0n) is 14.5. The van der Waals surface area contributed by atoms with Crippen LogP contribution in [0.2, 0.25) is 0 Å². The lowest BCUT2D eigenvalue weighted by Crippen LogP contribution is -3.08. The number of methoxy groups -OCH3 is 1. The predicted molar refractivity (Wildman–Crippen MR) is 96.2 cm³/mol. The van der Waals surface area contributed by atoms with Crippen LogP contribution in [0.25, 0.3) is 0 Å². The summed E-state index contributed by atoms with van der Waals surface area (Å²) in [5.74, 6) is 0.953. The fourth-order valence-electron chi connectivity index (χ4n) is 2.69. The van der Waals surface area contributed by atoms with Gasteiger partial charge in [0.2, 0.25) is 0 Å². The second-order valence-electron chi connectivity index (χ2n) is 6.10. The number of carbonyl (C=O) groups is 1. The smallest absolute Gasteiger partial charge is 0.275 e. The normalized spacial score (nSPS) is 11.8. The molecule has 4 heteroatoms. The minimum atomic E-state index is 0.100. The van der Waals surface area contributed by atoms with Gasteiger partial charge in [-0.15, -0.1) is 0 Å². The molecule has 1 unspecified atom stereocenters. The van der Waals surface area contributed by atoms with Crippen LogP contribution in [-0.2, 0) is 17.8 Å². The van der Waals surface area contributed by atoms with Crippen molar-refractivity contribution in [3.63, 3.8) is 0 Å². The Morgan fingerprint density at radius 3 is 2.58 bits per heavy atom. The number of aryl methyl sites for hydroxylation is 1. The SMILES string of the molecule is COc1cccc(C[NH+](C)CC(=O)NCCCc2ccccc2)c1. The molecule has 0 saturated carbocycles. The Bertz CT molecular complexity index is 629. The number of benzene rings is 2. The first-order valence-corrected chi connectivity index (χ1v) is 8.42. The maximum absolute atomic E-state index is 12.0. The fourth-order valence-corrected chi connectivity index (χ4v) is 2.69. The minimum absolute atomic E-state index is 0.100. The van der Waals surface area contributed by atoms with Crippen molar-refractivity contribution in [2.75, 3.05) is 27.2 Å². The fraction of sp³-hybridized carbons (Fsp3) is 0.350. The molecule has 4 nitrogen and oxygen atoms in total. The summed E-state index contributed by atoms with van der Waals surface area (Å²) in [6, 6.07) is 18.3. The molecule has 0 aromatic heterocycles. The summed E-state index contributed by atoms with van der Waals surface area (Å²) < 4.78 is 5.23. The first-order valence-electron chi connectivity index (χ1n) is 8.42. The van der Waals surface area contributed by atoms with Gasteiger partial charge in [-0.3, -0.25) is 4.79 Å². The molecule has 1 amide bonds. The van der Waals surface area contributed by atoms with Gasteiger partial charge < -0.3 is 15.0 Å². The van der Waals surface area contributed by atoms with Crippen molar-refractivity contribution in [1.29, 1.82) is 0 Å². The van der Waals surface area contributed by atoms with Gasteiger partial charge in [0, 0.05) is 12.1 Å². The molecule has 128 valence electrons. The van der Waals surface area contributed by atoms with Gasteiger partial charge >= 0.3 is 0 Å². The van der Waals surface area contributed by atoms with Crippen molar-refractivity contribution in [2.24, 2.45) is 0 Å². The Kier molecular flexibility index (Phi) is 7.30. The molecule has 1 atom stereocenters. The Morgan fingerprint density at radius 2 is 1.83 bits per heavy atom. The maximum atomic E-state index is 12.0. The Balaban J connectivity index is 1.66. The Morgan fingerprint density at radius 1 is 1.08 bits per heavy atom. The van der Waals surface area contributed by atoms with E-state index in [9.17, 15) is 4.79 Å². The summed E-state index contributed by atoms with van der Waals surface area (Å²) >= 11 is 0. The molecule has 0 aliphatic heterocycles. The minimum Gasteiger partial charge on any atom is -0.497 e.